The van der Waals surface area contributed by atoms with Gasteiger partial charge in [-0.05, 0) is 153 Å². The van der Waals surface area contributed by atoms with Gasteiger partial charge in [-0.25, -0.2) is 34.9 Å². The Bertz CT molecular complexity index is 7200. The van der Waals surface area contributed by atoms with Crippen LogP contribution in [0.1, 0.15) is 87.0 Å². The number of aliphatic hydroxyl groups is 1. The van der Waals surface area contributed by atoms with E-state index in [0.29, 0.717) is 112 Å². The molecule has 0 saturated heterocycles. The monoisotopic (exact) mass is 2130 g/mol. The zero-order valence-corrected chi connectivity index (χ0v) is 84.9. The Balaban J connectivity index is 0.000000141. The molecule has 5 atom stereocenters. The normalized spacial score (nSPS) is 12.3. The number of hydrogen-bond donors (Lipinski definition) is 14. The summed E-state index contributed by atoms with van der Waals surface area (Å²) in [5, 5.41) is 46.3. The van der Waals surface area contributed by atoms with Crippen LogP contribution in [0.15, 0.2) is 206 Å². The van der Waals surface area contributed by atoms with E-state index >= 15 is 0 Å². The number of thiophene rings is 6. The molecule has 141 heavy (non-hydrogen) atoms. The second-order valence-corrected chi connectivity index (χ2v) is 40.4. The number of hydrogen-bond acceptors (Lipinski definition) is 34. The van der Waals surface area contributed by atoms with E-state index in [-0.39, 0.29) is 44.1 Å². The molecule has 0 fully saturated rings. The Labute approximate surface area is 859 Å². The van der Waals surface area contributed by atoms with E-state index in [1.54, 1.807) is 149 Å². The lowest BCUT2D eigenvalue weighted by Crippen LogP contribution is -2.37. The highest BCUT2D eigenvalue weighted by Crippen LogP contribution is 2.49. The number of pyridine rings is 6. The van der Waals surface area contributed by atoms with Crippen LogP contribution in [0.25, 0.3) is 51.1 Å². The van der Waals surface area contributed by atoms with Gasteiger partial charge in [-0.3, -0.25) is 24.2 Å². The highest BCUT2D eigenvalue weighted by atomic mass is 35.5. The van der Waals surface area contributed by atoms with Crippen molar-refractivity contribution in [3.05, 3.63) is 300 Å². The van der Waals surface area contributed by atoms with Gasteiger partial charge in [0.25, 0.3) is 5.92 Å². The lowest BCUT2D eigenvalue weighted by atomic mass is 10.1. The molecule has 0 unspecified atom stereocenters. The summed E-state index contributed by atoms with van der Waals surface area (Å²) in [4.78, 5) is 87.8. The summed E-state index contributed by atoms with van der Waals surface area (Å²) in [6.07, 6.45) is 14.1. The van der Waals surface area contributed by atoms with Crippen LogP contribution in [-0.2, 0) is 83.5 Å². The van der Waals surface area contributed by atoms with Crippen molar-refractivity contribution in [3.8, 4) is 6.07 Å². The van der Waals surface area contributed by atoms with E-state index in [9.17, 15) is 28.0 Å². The molecule has 31 nitrogen and oxygen atoms in total. The number of nitrogens with zero attached hydrogens (tertiary/aromatic N) is 9. The molecule has 18 aromatic rings. The van der Waals surface area contributed by atoms with E-state index < -0.39 is 42.7 Å². The summed E-state index contributed by atoms with van der Waals surface area (Å²) in [5.74, 6) is -0.431. The molecule has 730 valence electrons. The molecular formula is C96H90Cl6F2N22O9S6. The number of aliphatic hydroxyl groups excluding tert-OH is 1. The van der Waals surface area contributed by atoms with Crippen molar-refractivity contribution >= 4 is 258 Å². The average molecular weight is 2140 g/mol. The number of rotatable bonds is 33. The Morgan fingerprint density at radius 2 is 0.816 bits per heavy atom. The van der Waals surface area contributed by atoms with Crippen molar-refractivity contribution in [1.29, 1.82) is 5.26 Å². The van der Waals surface area contributed by atoms with Crippen molar-refractivity contribution < 1.29 is 50.7 Å². The average Bonchev–Trinajstić information content (AvgIpc) is 1.99. The van der Waals surface area contributed by atoms with Crippen molar-refractivity contribution in [3.63, 3.8) is 0 Å². The van der Waals surface area contributed by atoms with E-state index in [0.717, 1.165) is 145 Å². The molecule has 19 N–H and O–H groups in total. The third-order valence-corrected chi connectivity index (χ3v) is 30.5. The fraction of sp³-hybridized carbons (Fsp3) is 0.219. The van der Waals surface area contributed by atoms with Gasteiger partial charge in [-0.2, -0.15) is 14.0 Å². The molecule has 0 saturated carbocycles. The summed E-state index contributed by atoms with van der Waals surface area (Å²) >= 11 is 45.7. The molecule has 1 aromatic carbocycles. The molecule has 0 radical (unpaired) electrons. The van der Waals surface area contributed by atoms with Gasteiger partial charge in [0.2, 0.25) is 17.7 Å². The molecule has 0 spiro atoms. The van der Waals surface area contributed by atoms with E-state index in [1.165, 1.54) is 36.9 Å². The number of aromatic nitrogens is 8. The summed E-state index contributed by atoms with van der Waals surface area (Å²) in [7, 11) is 0. The van der Waals surface area contributed by atoms with Gasteiger partial charge in [-0.1, -0.05) is 81.7 Å². The summed E-state index contributed by atoms with van der Waals surface area (Å²) < 4.78 is 54.5. The molecule has 18 rings (SSSR count). The number of nitrogens with two attached hydrogens (primary N) is 5. The predicted molar refractivity (Wildman–Crippen MR) is 563 cm³/mol. The summed E-state index contributed by atoms with van der Waals surface area (Å²) in [6, 6.07) is 37.3. The van der Waals surface area contributed by atoms with Crippen LogP contribution in [0.4, 0.5) is 54.5 Å². The van der Waals surface area contributed by atoms with E-state index in [2.05, 4.69) is 82.4 Å². The predicted octanol–water partition coefficient (Wildman–Crippen LogP) is 21.6. The highest BCUT2D eigenvalue weighted by Gasteiger charge is 2.42. The minimum atomic E-state index is -3.24. The van der Waals surface area contributed by atoms with Crippen LogP contribution in [-0.4, -0.2) is 105 Å². The maximum absolute atomic E-state index is 14.3. The molecule has 3 amide bonds. The Kier molecular flexibility index (Phi) is 36.0. The summed E-state index contributed by atoms with van der Waals surface area (Å²) in [6.45, 7) is 11.2. The number of fused-ring (bicyclic) bond motifs is 5. The molecule has 17 heterocycles. The van der Waals surface area contributed by atoms with Crippen molar-refractivity contribution in [2.45, 2.75) is 129 Å². The molecule has 45 heteroatoms. The number of amides is 3. The number of ketones is 1. The summed E-state index contributed by atoms with van der Waals surface area (Å²) in [5.41, 5.74) is 42.3. The largest absolute Gasteiger partial charge is 0.467 e. The fourth-order valence-corrected chi connectivity index (χ4v) is 22.4. The molecule has 0 aliphatic heterocycles. The quantitative estimate of drug-likeness (QED) is 0.0170. The number of nitrogens with one attached hydrogen (secondary N) is 8. The molecular weight excluding hydrogens is 2050 g/mol. The number of carbonyl (C=O) groups is 4. The minimum Gasteiger partial charge on any atom is -0.467 e. The second-order valence-electron chi connectivity index (χ2n) is 31.6. The fourth-order valence-electron chi connectivity index (χ4n) is 14.0. The third kappa shape index (κ3) is 27.0. The number of benzene rings is 1. The van der Waals surface area contributed by atoms with Gasteiger partial charge in [0.15, 0.2) is 11.6 Å². The Morgan fingerprint density at radius 3 is 1.16 bits per heavy atom. The smallest absolute Gasteiger partial charge is 0.298 e. The van der Waals surface area contributed by atoms with Crippen molar-refractivity contribution in [2.75, 3.05) is 49.1 Å². The Morgan fingerprint density at radius 1 is 0.447 bits per heavy atom. The maximum Gasteiger partial charge on any atom is 0.298 e. The lowest BCUT2D eigenvalue weighted by Gasteiger charge is -2.18. The molecule has 17 aromatic heterocycles. The number of furan rings is 4. The van der Waals surface area contributed by atoms with Gasteiger partial charge in [0.05, 0.1) is 183 Å². The van der Waals surface area contributed by atoms with Gasteiger partial charge in [0.1, 0.15) is 66.7 Å². The van der Waals surface area contributed by atoms with Crippen LogP contribution in [0, 0.1) is 39.0 Å². The first-order valence-corrected chi connectivity index (χ1v) is 50.3. The number of carbonyl (C=O) groups excluding carboxylic acids is 4. The van der Waals surface area contributed by atoms with Crippen LogP contribution < -0.4 is 71.2 Å². The SMILES string of the molecule is C[C@H](N)C(F)(F)c1sc2c(NCc3cccs3)cc(Cl)nc2c1Cl.Cc1c(C[C@@H](N)C(=O)CO)sc2c(NCc3ccco3)cc(Cl)nc12.Cc1c(C[C@@H](N)C(=O)Nc2ccc(C#N)cc2)sc2c(NCc3ccco3)cc(Cl)nc12.Cc1c(C[C@@H](N)C(=O)Nc2ccccn2)sc2c(NCc3ccco3)cc(Cl)nc12.Cc1c(C[C@@H](N)C(=O)Nc2cnccn2)sc2c(NCc3ccco3)cc(Cl)nc12. The Hall–Kier alpha value is -12.3. The van der Waals surface area contributed by atoms with Gasteiger partial charge in [0, 0.05) is 111 Å². The maximum atomic E-state index is 14.3. The zero-order chi connectivity index (χ0) is 100. The highest BCUT2D eigenvalue weighted by molar-refractivity contribution is 7.21. The first-order chi connectivity index (χ1) is 67.7. The van der Waals surface area contributed by atoms with Crippen molar-refractivity contribution in [1.82, 2.24) is 39.9 Å². The number of anilines is 8. The number of aryl methyl sites for hydroxylation is 4. The third-order valence-electron chi connectivity index (χ3n) is 21.6. The number of nitriles is 1. The molecule has 0 aliphatic rings. The van der Waals surface area contributed by atoms with E-state index in [1.807, 2.05) is 99.8 Å². The number of halogens is 8. The molecule has 0 bridgehead atoms. The first kappa shape index (κ1) is 105. The lowest BCUT2D eigenvalue weighted by molar-refractivity contribution is -0.123. The van der Waals surface area contributed by atoms with Gasteiger partial charge >= 0.3 is 0 Å². The van der Waals surface area contributed by atoms with Gasteiger partial charge < -0.3 is 94.0 Å². The van der Waals surface area contributed by atoms with Crippen molar-refractivity contribution in [2.24, 2.45) is 28.7 Å². The first-order valence-electron chi connectivity index (χ1n) is 43.1. The molecule has 0 aliphatic carbocycles. The van der Waals surface area contributed by atoms with Crippen LogP contribution in [0.5, 0.6) is 0 Å². The van der Waals surface area contributed by atoms with Crippen LogP contribution in [0.3, 0.4) is 0 Å². The standard InChI is InChI=1S/C23H20ClN5O2S.C21H20ClN5O2S.C20H19ClN6O2S.C17H18ClN3O3S.C15H13Cl2F2N3S2/c1-13-19(9-17(26)23(30)28-15-6-4-14(11-25)5-7-15)32-22-18(10-20(24)29-21(13)22)27-12-16-3-2-8-31-16;1-12-16(9-14(23)21(28)27-18-6-2-3-7-24-18)30-20-15(10-17(22)26-19(12)20)25-11-13-5-4-8-29-13;1-11-15(7-13(22)20(28)27-17-10-23-4-5-24-17)30-19-14(8-16(21)26-18(11)19)25-9-12-3-2-6-29-12;1-9-14(5-11(19)13(23)8-22)25-17-12(6-15(18)21-16(9)17)20-7-10-3-2-4-24-10;1-7(20)15(18,19)14-11(17)12-13(24-14)9(5-10(16)22-12)21-6-8-3-2-4-23-8/h2-8,10,17H,9,12,26H2,1H3,(H,27,29)(H,28,30);2-8,10,14H,9,11,23H2,1H3,(H,25,26)(H,24,27,28);2-6,8,10,13H,7,9,22H2,1H3,(H,25,26)(H,24,27,28);2-4,6,11,22H,5,7-8,19H2,1H3,(H,20,21);2-5,7H,6,20H2,1H3,(H,21,22)/t17-;14-;13-;11-;7-/m11110/s1. The topological polar surface area (TPSA) is 494 Å². The number of Topliss-reactive ketones (excluding diaryl/α,β-unsaturated/α-hetero) is 1. The van der Waals surface area contributed by atoms with Crippen LogP contribution in [0.2, 0.25) is 30.8 Å². The minimum absolute atomic E-state index is 0.0982. The van der Waals surface area contributed by atoms with Gasteiger partial charge in [-0.15, -0.1) is 68.0 Å². The number of alkyl halides is 2. The van der Waals surface area contributed by atoms with E-state index in [4.69, 9.17) is 126 Å². The van der Waals surface area contributed by atoms with Crippen LogP contribution >= 0.6 is 138 Å². The second kappa shape index (κ2) is 48.5. The zero-order valence-electron chi connectivity index (χ0n) is 75.5.